The Labute approximate surface area is 137 Å². The largest absolute Gasteiger partial charge is 0.745 e. The standard InChI is InChI=1S/C13H15N5O5S/c19-8-14-16-12-3-1-11(2-4-12)15-13(20)7-17-5-6-18(9-17)10-24(21,22)23/h1-6,8-9,16H,7,10H2,(H2-,14,15,19,20,21,22,23). The fraction of sp³-hybridized carbons (Fsp3) is 0.154. The lowest BCUT2D eigenvalue weighted by molar-refractivity contribution is -0.683. The molecular formula is C13H15N5O5S. The van der Waals surface area contributed by atoms with Gasteiger partial charge in [-0.15, -0.1) is 0 Å². The summed E-state index contributed by atoms with van der Waals surface area (Å²) in [6.45, 7) is -0.0431. The minimum absolute atomic E-state index is 0.0431. The van der Waals surface area contributed by atoms with Crippen molar-refractivity contribution < 1.29 is 27.1 Å². The second kappa shape index (κ2) is 7.57. The fourth-order valence-corrected chi connectivity index (χ4v) is 2.43. The number of hydrogen-bond acceptors (Lipinski definition) is 6. The van der Waals surface area contributed by atoms with Crippen LogP contribution in [0.5, 0.6) is 0 Å². The van der Waals surface area contributed by atoms with Crippen LogP contribution in [-0.2, 0) is 32.1 Å². The molecule has 0 fully saturated rings. The summed E-state index contributed by atoms with van der Waals surface area (Å²) in [6.07, 6.45) is 4.73. The maximum atomic E-state index is 11.9. The molecule has 0 aliphatic rings. The molecule has 0 saturated carbocycles. The summed E-state index contributed by atoms with van der Waals surface area (Å²) in [5.74, 6) is -1.01. The Morgan fingerprint density at radius 3 is 2.54 bits per heavy atom. The number of nitrogens with zero attached hydrogens (tertiary/aromatic N) is 2. The minimum atomic E-state index is -4.39. The second-order valence-corrected chi connectivity index (χ2v) is 6.17. The van der Waals surface area contributed by atoms with Gasteiger partial charge in [0, 0.05) is 5.69 Å². The van der Waals surface area contributed by atoms with Crippen molar-refractivity contribution in [1.29, 1.82) is 0 Å². The first kappa shape index (κ1) is 17.4. The zero-order valence-corrected chi connectivity index (χ0v) is 13.2. The van der Waals surface area contributed by atoms with Crippen molar-refractivity contribution in [1.82, 2.24) is 9.99 Å². The number of aromatic nitrogens is 2. The van der Waals surface area contributed by atoms with Crippen molar-refractivity contribution in [3.63, 3.8) is 0 Å². The van der Waals surface area contributed by atoms with E-state index in [1.165, 1.54) is 27.9 Å². The molecule has 0 radical (unpaired) electrons. The van der Waals surface area contributed by atoms with Gasteiger partial charge in [-0.05, 0) is 24.3 Å². The second-order valence-electron chi connectivity index (χ2n) is 4.80. The number of carbonyl (C=O) groups is 2. The van der Waals surface area contributed by atoms with Gasteiger partial charge in [0.25, 0.3) is 5.91 Å². The highest BCUT2D eigenvalue weighted by Gasteiger charge is 2.11. The van der Waals surface area contributed by atoms with Gasteiger partial charge in [0.05, 0.1) is 5.69 Å². The summed E-state index contributed by atoms with van der Waals surface area (Å²) in [5, 5.41) is 2.66. The van der Waals surface area contributed by atoms with Crippen LogP contribution in [-0.4, -0.2) is 29.9 Å². The molecule has 3 N–H and O–H groups in total. The number of nitrogens with one attached hydrogen (secondary N) is 3. The quantitative estimate of drug-likeness (QED) is 0.241. The molecule has 128 valence electrons. The van der Waals surface area contributed by atoms with E-state index in [2.05, 4.69) is 16.2 Å². The van der Waals surface area contributed by atoms with E-state index in [-0.39, 0.29) is 12.5 Å². The van der Waals surface area contributed by atoms with E-state index in [0.717, 1.165) is 0 Å². The Balaban J connectivity index is 1.90. The van der Waals surface area contributed by atoms with Crippen LogP contribution in [0, 0.1) is 0 Å². The molecule has 1 heterocycles. The van der Waals surface area contributed by atoms with Crippen molar-refractivity contribution in [3.05, 3.63) is 43.0 Å². The molecule has 0 aliphatic heterocycles. The number of amides is 2. The van der Waals surface area contributed by atoms with E-state index in [1.54, 1.807) is 24.3 Å². The zero-order valence-electron chi connectivity index (χ0n) is 12.4. The van der Waals surface area contributed by atoms with Crippen LogP contribution < -0.4 is 20.7 Å². The maximum absolute atomic E-state index is 11.9. The van der Waals surface area contributed by atoms with Gasteiger partial charge in [0.2, 0.25) is 12.7 Å². The Morgan fingerprint density at radius 2 is 1.92 bits per heavy atom. The van der Waals surface area contributed by atoms with Crippen LogP contribution in [0.25, 0.3) is 0 Å². The van der Waals surface area contributed by atoms with E-state index in [9.17, 15) is 22.6 Å². The molecule has 0 bridgehead atoms. The molecule has 2 aromatic rings. The summed E-state index contributed by atoms with van der Waals surface area (Å²) in [4.78, 5) is 22.1. The molecule has 0 saturated heterocycles. The average molecular weight is 353 g/mol. The third-order valence-corrected chi connectivity index (χ3v) is 3.44. The predicted molar refractivity (Wildman–Crippen MR) is 82.2 cm³/mol. The van der Waals surface area contributed by atoms with Crippen LogP contribution in [0.3, 0.4) is 0 Å². The van der Waals surface area contributed by atoms with Gasteiger partial charge in [0.15, 0.2) is 12.4 Å². The highest BCUT2D eigenvalue weighted by atomic mass is 32.2. The molecule has 0 atom stereocenters. The van der Waals surface area contributed by atoms with E-state index in [4.69, 9.17) is 0 Å². The highest BCUT2D eigenvalue weighted by molar-refractivity contribution is 7.84. The van der Waals surface area contributed by atoms with Crippen molar-refractivity contribution in [2.45, 2.75) is 12.4 Å². The maximum Gasteiger partial charge on any atom is 0.266 e. The third kappa shape index (κ3) is 5.70. The summed E-state index contributed by atoms with van der Waals surface area (Å²) in [5.41, 5.74) is 6.11. The lowest BCUT2D eigenvalue weighted by atomic mass is 10.3. The van der Waals surface area contributed by atoms with E-state index >= 15 is 0 Å². The Hall–Kier alpha value is -2.92. The lowest BCUT2D eigenvalue weighted by Gasteiger charge is -2.06. The zero-order chi connectivity index (χ0) is 17.6. The first-order valence-corrected chi connectivity index (χ1v) is 8.27. The van der Waals surface area contributed by atoms with Gasteiger partial charge < -0.3 is 9.87 Å². The molecule has 1 aromatic carbocycles. The van der Waals surface area contributed by atoms with Gasteiger partial charge in [-0.2, -0.15) is 0 Å². The van der Waals surface area contributed by atoms with Crippen LogP contribution in [0.2, 0.25) is 0 Å². The van der Waals surface area contributed by atoms with E-state index in [1.807, 2.05) is 0 Å². The van der Waals surface area contributed by atoms with Crippen LogP contribution in [0.1, 0.15) is 0 Å². The highest BCUT2D eigenvalue weighted by Crippen LogP contribution is 2.12. The molecule has 24 heavy (non-hydrogen) atoms. The summed E-state index contributed by atoms with van der Waals surface area (Å²) >= 11 is 0. The fourth-order valence-electron chi connectivity index (χ4n) is 1.91. The lowest BCUT2D eigenvalue weighted by Crippen LogP contribution is -2.38. The molecule has 0 unspecified atom stereocenters. The monoisotopic (exact) mass is 353 g/mol. The van der Waals surface area contributed by atoms with Crippen molar-refractivity contribution in [2.75, 3.05) is 10.7 Å². The average Bonchev–Trinajstić information content (AvgIpc) is 2.91. The number of imidazole rings is 1. The number of hydrogen-bond donors (Lipinski definition) is 3. The Morgan fingerprint density at radius 1 is 1.25 bits per heavy atom. The Bertz CT molecular complexity index is 816. The van der Waals surface area contributed by atoms with Crippen molar-refractivity contribution in [3.8, 4) is 0 Å². The number of hydrazine groups is 1. The Kier molecular flexibility index (Phi) is 5.50. The molecule has 0 spiro atoms. The first-order valence-electron chi connectivity index (χ1n) is 6.69. The van der Waals surface area contributed by atoms with Crippen LogP contribution >= 0.6 is 0 Å². The van der Waals surface area contributed by atoms with Gasteiger partial charge in [-0.1, -0.05) is 0 Å². The van der Waals surface area contributed by atoms with Crippen molar-refractivity contribution in [2.24, 2.45) is 0 Å². The molecule has 2 rings (SSSR count). The first-order chi connectivity index (χ1) is 11.4. The van der Waals surface area contributed by atoms with Gasteiger partial charge in [0.1, 0.15) is 22.5 Å². The van der Waals surface area contributed by atoms with Crippen LogP contribution in [0.15, 0.2) is 43.0 Å². The van der Waals surface area contributed by atoms with Crippen LogP contribution in [0.4, 0.5) is 11.4 Å². The molecule has 10 nitrogen and oxygen atoms in total. The predicted octanol–water partition coefficient (Wildman–Crippen LogP) is -1.01. The van der Waals surface area contributed by atoms with Gasteiger partial charge in [-0.3, -0.25) is 20.4 Å². The SMILES string of the molecule is O=CNNc1ccc(NC(=O)C[n+]2ccn(CS(=O)(=O)[O-])c2)cc1. The van der Waals surface area contributed by atoms with E-state index < -0.39 is 16.0 Å². The molecule has 1 aromatic heterocycles. The molecular weight excluding hydrogens is 338 g/mol. The molecule has 2 amide bonds. The molecule has 0 aliphatic carbocycles. The van der Waals surface area contributed by atoms with Gasteiger partial charge in [-0.25, -0.2) is 17.6 Å². The summed E-state index contributed by atoms with van der Waals surface area (Å²) in [6, 6.07) is 6.61. The minimum Gasteiger partial charge on any atom is -0.745 e. The number of anilines is 2. The number of carbonyl (C=O) groups excluding carboxylic acids is 2. The third-order valence-electron chi connectivity index (χ3n) is 2.82. The normalized spacial score (nSPS) is 10.9. The molecule has 11 heteroatoms. The van der Waals surface area contributed by atoms with Gasteiger partial charge >= 0.3 is 0 Å². The smallest absolute Gasteiger partial charge is 0.266 e. The van der Waals surface area contributed by atoms with E-state index in [0.29, 0.717) is 17.8 Å². The summed E-state index contributed by atoms with van der Waals surface area (Å²) < 4.78 is 34.6. The summed E-state index contributed by atoms with van der Waals surface area (Å²) in [7, 11) is -4.39. The topological polar surface area (TPSA) is 136 Å². The number of rotatable bonds is 8. The van der Waals surface area contributed by atoms with Crippen molar-refractivity contribution >= 4 is 33.8 Å². The number of benzene rings is 1.